The van der Waals surface area contributed by atoms with Crippen molar-refractivity contribution in [1.82, 2.24) is 10.6 Å². The summed E-state index contributed by atoms with van der Waals surface area (Å²) in [5, 5.41) is 17.3. The first kappa shape index (κ1) is 11.0. The summed E-state index contributed by atoms with van der Waals surface area (Å²) in [6, 6.07) is 7.01. The van der Waals surface area contributed by atoms with Crippen molar-refractivity contribution in [3.63, 3.8) is 0 Å². The summed E-state index contributed by atoms with van der Waals surface area (Å²) < 4.78 is 0. The largest absolute Gasteiger partial charge is 0.315 e. The molecule has 0 unspecified atom stereocenters. The Morgan fingerprint density at radius 1 is 1.25 bits per heavy atom. The third-order valence-corrected chi connectivity index (χ3v) is 2.78. The first-order valence-electron chi connectivity index (χ1n) is 5.46. The van der Waals surface area contributed by atoms with Crippen LogP contribution in [0.4, 0.5) is 5.69 Å². The molecular weight excluding hydrogens is 206 g/mol. The predicted octanol–water partition coefficient (Wildman–Crippen LogP) is 1.22. The van der Waals surface area contributed by atoms with E-state index in [9.17, 15) is 10.1 Å². The van der Waals surface area contributed by atoms with Crippen molar-refractivity contribution in [3.8, 4) is 0 Å². The normalized spacial score (nSPS) is 21.4. The van der Waals surface area contributed by atoms with Gasteiger partial charge in [-0.15, -0.1) is 0 Å². The summed E-state index contributed by atoms with van der Waals surface area (Å²) in [5.41, 5.74) is 1.24. The van der Waals surface area contributed by atoms with E-state index < -0.39 is 0 Å². The van der Waals surface area contributed by atoms with Crippen LogP contribution < -0.4 is 10.6 Å². The fourth-order valence-corrected chi connectivity index (χ4v) is 1.87. The van der Waals surface area contributed by atoms with Gasteiger partial charge in [-0.3, -0.25) is 10.1 Å². The van der Waals surface area contributed by atoms with E-state index in [0.29, 0.717) is 0 Å². The van der Waals surface area contributed by atoms with E-state index in [-0.39, 0.29) is 16.7 Å². The van der Waals surface area contributed by atoms with Gasteiger partial charge in [0, 0.05) is 24.7 Å². The lowest BCUT2D eigenvalue weighted by atomic mass is 10.1. The summed E-state index contributed by atoms with van der Waals surface area (Å²) in [5.74, 6) is 0. The Hall–Kier alpha value is -1.46. The minimum absolute atomic E-state index is 0.144. The van der Waals surface area contributed by atoms with E-state index in [1.165, 1.54) is 0 Å². The average molecular weight is 221 g/mol. The summed E-state index contributed by atoms with van der Waals surface area (Å²) in [6.45, 7) is 2.88. The van der Waals surface area contributed by atoms with Gasteiger partial charge in [-0.2, -0.15) is 0 Å². The molecule has 0 radical (unpaired) electrons. The number of nitro groups is 1. The van der Waals surface area contributed by atoms with Crippen molar-refractivity contribution in [3.05, 3.63) is 39.9 Å². The summed E-state index contributed by atoms with van der Waals surface area (Å²) >= 11 is 0. The molecule has 0 saturated carbocycles. The van der Waals surface area contributed by atoms with Crippen LogP contribution in [0.3, 0.4) is 0 Å². The van der Waals surface area contributed by atoms with Crippen LogP contribution in [-0.4, -0.2) is 24.6 Å². The third kappa shape index (κ3) is 2.56. The number of hydrogen-bond donors (Lipinski definition) is 2. The molecule has 1 heterocycles. The molecule has 2 N–H and O–H groups in total. The van der Waals surface area contributed by atoms with Crippen molar-refractivity contribution in [1.29, 1.82) is 0 Å². The third-order valence-electron chi connectivity index (χ3n) is 2.78. The van der Waals surface area contributed by atoms with Gasteiger partial charge in [0.05, 0.1) is 4.92 Å². The maximum Gasteiger partial charge on any atom is 0.269 e. The predicted molar refractivity (Wildman–Crippen MR) is 61.3 cm³/mol. The van der Waals surface area contributed by atoms with Gasteiger partial charge in [0.25, 0.3) is 5.69 Å². The topological polar surface area (TPSA) is 67.2 Å². The summed E-state index contributed by atoms with van der Waals surface area (Å²) in [4.78, 5) is 10.1. The van der Waals surface area contributed by atoms with Gasteiger partial charge in [-0.1, -0.05) is 12.1 Å². The molecule has 16 heavy (non-hydrogen) atoms. The zero-order valence-corrected chi connectivity index (χ0v) is 8.98. The van der Waals surface area contributed by atoms with Crippen LogP contribution in [0.2, 0.25) is 0 Å². The number of rotatable bonds is 2. The van der Waals surface area contributed by atoms with Crippen LogP contribution in [0.25, 0.3) is 0 Å². The van der Waals surface area contributed by atoms with Crippen molar-refractivity contribution < 1.29 is 4.92 Å². The first-order valence-corrected chi connectivity index (χ1v) is 5.46. The standard InChI is InChI=1S/C11H15N3O2/c15-14(16)10-4-2-9(3-5-10)11-8-12-6-1-7-13-11/h2-5,11-13H,1,6-8H2/t11-/m0/s1. The molecule has 1 fully saturated rings. The lowest BCUT2D eigenvalue weighted by Crippen LogP contribution is -2.27. The molecule has 0 amide bonds. The number of nitrogens with one attached hydrogen (secondary N) is 2. The second kappa shape index (κ2) is 5.05. The van der Waals surface area contributed by atoms with E-state index in [1.54, 1.807) is 12.1 Å². The maximum atomic E-state index is 10.5. The summed E-state index contributed by atoms with van der Waals surface area (Å²) in [7, 11) is 0. The minimum Gasteiger partial charge on any atom is -0.315 e. The van der Waals surface area contributed by atoms with E-state index in [4.69, 9.17) is 0 Å². The number of benzene rings is 1. The zero-order valence-electron chi connectivity index (χ0n) is 8.98. The molecule has 1 aromatic rings. The van der Waals surface area contributed by atoms with E-state index in [2.05, 4.69) is 10.6 Å². The molecule has 1 atom stereocenters. The highest BCUT2D eigenvalue weighted by molar-refractivity contribution is 5.34. The highest BCUT2D eigenvalue weighted by Crippen LogP contribution is 2.18. The Kier molecular flexibility index (Phi) is 3.48. The van der Waals surface area contributed by atoms with Gasteiger partial charge < -0.3 is 10.6 Å². The maximum absolute atomic E-state index is 10.5. The second-order valence-electron chi connectivity index (χ2n) is 3.91. The molecule has 5 heteroatoms. The van der Waals surface area contributed by atoms with E-state index in [0.717, 1.165) is 31.6 Å². The molecule has 0 aromatic heterocycles. The minimum atomic E-state index is -0.372. The van der Waals surface area contributed by atoms with Crippen molar-refractivity contribution in [2.45, 2.75) is 12.5 Å². The quantitative estimate of drug-likeness (QED) is 0.582. The monoisotopic (exact) mass is 221 g/mol. The van der Waals surface area contributed by atoms with Crippen LogP contribution >= 0.6 is 0 Å². The molecule has 5 nitrogen and oxygen atoms in total. The van der Waals surface area contributed by atoms with Gasteiger partial charge in [0.15, 0.2) is 0 Å². The van der Waals surface area contributed by atoms with Gasteiger partial charge in [0.2, 0.25) is 0 Å². The van der Waals surface area contributed by atoms with Crippen LogP contribution in [0.5, 0.6) is 0 Å². The van der Waals surface area contributed by atoms with E-state index in [1.807, 2.05) is 12.1 Å². The van der Waals surface area contributed by atoms with Crippen molar-refractivity contribution >= 4 is 5.69 Å². The molecule has 1 aliphatic rings. The molecule has 0 aliphatic carbocycles. The molecule has 0 spiro atoms. The van der Waals surface area contributed by atoms with Crippen LogP contribution in [0.15, 0.2) is 24.3 Å². The molecule has 0 bridgehead atoms. The lowest BCUT2D eigenvalue weighted by molar-refractivity contribution is -0.384. The molecule has 86 valence electrons. The zero-order chi connectivity index (χ0) is 11.4. The Labute approximate surface area is 94.0 Å². The highest BCUT2D eigenvalue weighted by Gasteiger charge is 2.14. The van der Waals surface area contributed by atoms with Gasteiger partial charge >= 0.3 is 0 Å². The van der Waals surface area contributed by atoms with E-state index >= 15 is 0 Å². The fraction of sp³-hybridized carbons (Fsp3) is 0.455. The van der Waals surface area contributed by atoms with Crippen LogP contribution in [0.1, 0.15) is 18.0 Å². The van der Waals surface area contributed by atoms with Gasteiger partial charge in [-0.05, 0) is 25.1 Å². The highest BCUT2D eigenvalue weighted by atomic mass is 16.6. The Balaban J connectivity index is 2.10. The Morgan fingerprint density at radius 2 is 2.00 bits per heavy atom. The smallest absolute Gasteiger partial charge is 0.269 e. The molecular formula is C11H15N3O2. The molecule has 1 saturated heterocycles. The van der Waals surface area contributed by atoms with Gasteiger partial charge in [-0.25, -0.2) is 0 Å². The van der Waals surface area contributed by atoms with Crippen molar-refractivity contribution in [2.75, 3.05) is 19.6 Å². The van der Waals surface area contributed by atoms with Gasteiger partial charge in [0.1, 0.15) is 0 Å². The SMILES string of the molecule is O=[N+]([O-])c1ccc([C@@H]2CNCCCN2)cc1. The Morgan fingerprint density at radius 3 is 2.69 bits per heavy atom. The number of nitro benzene ring substituents is 1. The fourth-order valence-electron chi connectivity index (χ4n) is 1.87. The first-order chi connectivity index (χ1) is 7.77. The van der Waals surface area contributed by atoms with Crippen molar-refractivity contribution in [2.24, 2.45) is 0 Å². The number of non-ortho nitro benzene ring substituents is 1. The molecule has 1 aromatic carbocycles. The number of hydrogen-bond acceptors (Lipinski definition) is 4. The second-order valence-corrected chi connectivity index (χ2v) is 3.91. The average Bonchev–Trinajstić information content (AvgIpc) is 2.57. The summed E-state index contributed by atoms with van der Waals surface area (Å²) in [6.07, 6.45) is 1.11. The van der Waals surface area contributed by atoms with Crippen LogP contribution in [0, 0.1) is 10.1 Å². The number of nitrogens with zero attached hydrogens (tertiary/aromatic N) is 1. The molecule has 1 aliphatic heterocycles. The van der Waals surface area contributed by atoms with Crippen LogP contribution in [-0.2, 0) is 0 Å². The Bertz CT molecular complexity index is 356. The molecule has 2 rings (SSSR count). The lowest BCUT2D eigenvalue weighted by Gasteiger charge is -2.15.